The van der Waals surface area contributed by atoms with Crippen LogP contribution in [0.3, 0.4) is 0 Å². The normalized spacial score (nSPS) is 10.0. The molecule has 0 aliphatic heterocycles. The molecule has 1 aromatic carbocycles. The number of nitriles is 1. The molecule has 21 heavy (non-hydrogen) atoms. The van der Waals surface area contributed by atoms with E-state index in [0.717, 1.165) is 29.9 Å². The molecule has 5 nitrogen and oxygen atoms in total. The Morgan fingerprint density at radius 2 is 2.10 bits per heavy atom. The lowest BCUT2D eigenvalue weighted by Crippen LogP contribution is -2.06. The van der Waals surface area contributed by atoms with Crippen molar-refractivity contribution in [2.45, 2.75) is 20.3 Å². The second-order valence-electron chi connectivity index (χ2n) is 4.67. The van der Waals surface area contributed by atoms with Crippen LogP contribution >= 0.6 is 0 Å². The topological polar surface area (TPSA) is 70.8 Å². The third kappa shape index (κ3) is 3.48. The molecule has 2 rings (SSSR count). The minimum absolute atomic E-state index is 0.574. The Labute approximate surface area is 124 Å². The summed E-state index contributed by atoms with van der Waals surface area (Å²) in [4.78, 5) is 8.88. The quantitative estimate of drug-likeness (QED) is 0.912. The lowest BCUT2D eigenvalue weighted by Gasteiger charge is -2.11. The van der Waals surface area contributed by atoms with Gasteiger partial charge in [0, 0.05) is 17.8 Å². The molecule has 1 aromatic heterocycles. The number of aromatic nitrogens is 2. The van der Waals surface area contributed by atoms with Crippen LogP contribution in [0.15, 0.2) is 24.3 Å². The molecule has 108 valence electrons. The van der Waals surface area contributed by atoms with Gasteiger partial charge in [-0.15, -0.1) is 0 Å². The van der Waals surface area contributed by atoms with Crippen molar-refractivity contribution in [1.82, 2.24) is 9.97 Å². The van der Waals surface area contributed by atoms with E-state index in [0.29, 0.717) is 17.3 Å². The first-order valence-corrected chi connectivity index (χ1v) is 6.86. The van der Waals surface area contributed by atoms with E-state index in [-0.39, 0.29) is 0 Å². The zero-order valence-corrected chi connectivity index (χ0v) is 12.5. The molecule has 0 aliphatic carbocycles. The van der Waals surface area contributed by atoms with Crippen molar-refractivity contribution in [2.75, 3.05) is 19.0 Å². The van der Waals surface area contributed by atoms with Crippen molar-refractivity contribution >= 4 is 5.95 Å². The third-order valence-electron chi connectivity index (χ3n) is 2.99. The van der Waals surface area contributed by atoms with Crippen LogP contribution in [0.25, 0.3) is 11.3 Å². The van der Waals surface area contributed by atoms with Crippen molar-refractivity contribution < 1.29 is 4.74 Å². The van der Waals surface area contributed by atoms with Gasteiger partial charge in [-0.2, -0.15) is 5.26 Å². The SMILES string of the molecule is CCCNc1nc(C)cc(-c2cc(C#N)ccc2OC)n1. The van der Waals surface area contributed by atoms with Crippen LogP contribution in [0.2, 0.25) is 0 Å². The summed E-state index contributed by atoms with van der Waals surface area (Å²) in [5.74, 6) is 1.28. The van der Waals surface area contributed by atoms with Gasteiger partial charge < -0.3 is 10.1 Å². The Bertz CT molecular complexity index is 676. The number of methoxy groups -OCH3 is 1. The van der Waals surface area contributed by atoms with Gasteiger partial charge in [-0.25, -0.2) is 9.97 Å². The Balaban J connectivity index is 2.50. The highest BCUT2D eigenvalue weighted by molar-refractivity contribution is 5.70. The van der Waals surface area contributed by atoms with Gasteiger partial charge in [-0.1, -0.05) is 6.92 Å². The van der Waals surface area contributed by atoms with E-state index >= 15 is 0 Å². The first-order chi connectivity index (χ1) is 10.2. The number of aryl methyl sites for hydroxylation is 1. The standard InChI is InChI=1S/C16H18N4O/c1-4-7-18-16-19-11(2)8-14(20-16)13-9-12(10-17)5-6-15(13)21-3/h5-6,8-9H,4,7H2,1-3H3,(H,18,19,20). The molecule has 0 amide bonds. The second-order valence-corrected chi connectivity index (χ2v) is 4.67. The van der Waals surface area contributed by atoms with Crippen LogP contribution < -0.4 is 10.1 Å². The number of anilines is 1. The minimum Gasteiger partial charge on any atom is -0.496 e. The first-order valence-electron chi connectivity index (χ1n) is 6.86. The van der Waals surface area contributed by atoms with Gasteiger partial charge in [0.2, 0.25) is 5.95 Å². The third-order valence-corrected chi connectivity index (χ3v) is 2.99. The first kappa shape index (κ1) is 14.8. The van der Waals surface area contributed by atoms with E-state index in [1.165, 1.54) is 0 Å². The number of hydrogen-bond donors (Lipinski definition) is 1. The van der Waals surface area contributed by atoms with Gasteiger partial charge in [0.05, 0.1) is 24.4 Å². The Kier molecular flexibility index (Phi) is 4.72. The predicted octanol–water partition coefficient (Wildman–Crippen LogP) is 3.15. The maximum atomic E-state index is 9.06. The van der Waals surface area contributed by atoms with Crippen LogP contribution in [-0.2, 0) is 0 Å². The molecule has 0 aliphatic rings. The molecule has 0 radical (unpaired) electrons. The monoisotopic (exact) mass is 282 g/mol. The maximum absolute atomic E-state index is 9.06. The van der Waals surface area contributed by atoms with Crippen LogP contribution in [-0.4, -0.2) is 23.6 Å². The highest BCUT2D eigenvalue weighted by atomic mass is 16.5. The largest absolute Gasteiger partial charge is 0.496 e. The molecule has 0 bridgehead atoms. The summed E-state index contributed by atoms with van der Waals surface area (Å²) in [5.41, 5.74) is 2.98. The van der Waals surface area contributed by atoms with E-state index < -0.39 is 0 Å². The van der Waals surface area contributed by atoms with Crippen molar-refractivity contribution in [1.29, 1.82) is 5.26 Å². The lowest BCUT2D eigenvalue weighted by molar-refractivity contribution is 0.416. The minimum atomic E-state index is 0.574. The smallest absolute Gasteiger partial charge is 0.223 e. The van der Waals surface area contributed by atoms with E-state index in [4.69, 9.17) is 10.00 Å². The van der Waals surface area contributed by atoms with E-state index in [1.807, 2.05) is 13.0 Å². The van der Waals surface area contributed by atoms with E-state index in [1.54, 1.807) is 25.3 Å². The van der Waals surface area contributed by atoms with Crippen LogP contribution in [0.4, 0.5) is 5.95 Å². The molecule has 1 N–H and O–H groups in total. The lowest BCUT2D eigenvalue weighted by atomic mass is 10.1. The summed E-state index contributed by atoms with van der Waals surface area (Å²) >= 11 is 0. The Hall–Kier alpha value is -2.61. The molecule has 0 saturated carbocycles. The van der Waals surface area contributed by atoms with Gasteiger partial charge >= 0.3 is 0 Å². The predicted molar refractivity (Wildman–Crippen MR) is 82.3 cm³/mol. The van der Waals surface area contributed by atoms with Crippen LogP contribution in [0.5, 0.6) is 5.75 Å². The highest BCUT2D eigenvalue weighted by Crippen LogP contribution is 2.30. The maximum Gasteiger partial charge on any atom is 0.223 e. The van der Waals surface area contributed by atoms with E-state index in [2.05, 4.69) is 28.3 Å². The summed E-state index contributed by atoms with van der Waals surface area (Å²) in [6.45, 7) is 4.82. The number of nitrogens with one attached hydrogen (secondary N) is 1. The summed E-state index contributed by atoms with van der Waals surface area (Å²) in [7, 11) is 1.61. The van der Waals surface area contributed by atoms with Crippen molar-refractivity contribution in [3.63, 3.8) is 0 Å². The summed E-state index contributed by atoms with van der Waals surface area (Å²) in [6.07, 6.45) is 1.000. The molecule has 0 saturated heterocycles. The highest BCUT2D eigenvalue weighted by Gasteiger charge is 2.11. The van der Waals surface area contributed by atoms with Crippen molar-refractivity contribution in [2.24, 2.45) is 0 Å². The van der Waals surface area contributed by atoms with Crippen LogP contribution in [0, 0.1) is 18.3 Å². The molecule has 5 heteroatoms. The molecule has 1 heterocycles. The number of ether oxygens (including phenoxy) is 1. The second kappa shape index (κ2) is 6.71. The zero-order chi connectivity index (χ0) is 15.2. The summed E-state index contributed by atoms with van der Waals surface area (Å²) < 4.78 is 5.37. The Morgan fingerprint density at radius 1 is 1.29 bits per heavy atom. The average molecular weight is 282 g/mol. The molecule has 0 spiro atoms. The molecule has 2 aromatic rings. The van der Waals surface area contributed by atoms with Crippen molar-refractivity contribution in [3.05, 3.63) is 35.5 Å². The number of nitrogens with zero attached hydrogens (tertiary/aromatic N) is 3. The van der Waals surface area contributed by atoms with E-state index in [9.17, 15) is 0 Å². The molecule has 0 unspecified atom stereocenters. The van der Waals surface area contributed by atoms with Gasteiger partial charge in [0.15, 0.2) is 0 Å². The van der Waals surface area contributed by atoms with Gasteiger partial charge in [-0.3, -0.25) is 0 Å². The van der Waals surface area contributed by atoms with Crippen molar-refractivity contribution in [3.8, 4) is 23.1 Å². The fourth-order valence-electron chi connectivity index (χ4n) is 2.00. The number of rotatable bonds is 5. The zero-order valence-electron chi connectivity index (χ0n) is 12.5. The van der Waals surface area contributed by atoms with Gasteiger partial charge in [0.1, 0.15) is 5.75 Å². The number of hydrogen-bond acceptors (Lipinski definition) is 5. The Morgan fingerprint density at radius 3 is 2.76 bits per heavy atom. The number of benzene rings is 1. The summed E-state index contributed by atoms with van der Waals surface area (Å²) in [5, 5.41) is 12.2. The molecular weight excluding hydrogens is 264 g/mol. The fraction of sp³-hybridized carbons (Fsp3) is 0.312. The summed E-state index contributed by atoms with van der Waals surface area (Å²) in [6, 6.07) is 9.32. The average Bonchev–Trinajstić information content (AvgIpc) is 2.51. The molecule has 0 fully saturated rings. The molecule has 0 atom stereocenters. The fourth-order valence-corrected chi connectivity index (χ4v) is 2.00. The van der Waals surface area contributed by atoms with Gasteiger partial charge in [0.25, 0.3) is 0 Å². The van der Waals surface area contributed by atoms with Gasteiger partial charge in [-0.05, 0) is 37.6 Å². The molecular formula is C16H18N4O. The van der Waals surface area contributed by atoms with Crippen LogP contribution in [0.1, 0.15) is 24.6 Å².